The van der Waals surface area contributed by atoms with E-state index in [1.54, 1.807) is 6.08 Å². The Balaban J connectivity index is 1.54. The standard InChI is InChI=1S/C27H43F2NO/c1-16(2)7-6-8-17(3)19-9-10-20-18-13-23(28)22-14-25(30-31)24(29)15-27(22,5)21(18)11-12-26(19,20)4/h14,16-21,23-25H,6-13,15H2,1-5H3/t17-,18+,19-,20+,21+,23?,24?,25?,26-,27-/m1/s1. The minimum atomic E-state index is -1.28. The Morgan fingerprint density at radius 1 is 1.10 bits per heavy atom. The van der Waals surface area contributed by atoms with Crippen LogP contribution in [0.1, 0.15) is 92.4 Å². The minimum Gasteiger partial charge on any atom is -0.245 e. The smallest absolute Gasteiger partial charge is 0.141 e. The van der Waals surface area contributed by atoms with Crippen LogP contribution in [0.15, 0.2) is 16.8 Å². The summed E-state index contributed by atoms with van der Waals surface area (Å²) in [4.78, 5) is 11.1. The largest absolute Gasteiger partial charge is 0.245 e. The van der Waals surface area contributed by atoms with Gasteiger partial charge in [0.2, 0.25) is 0 Å². The average Bonchev–Trinajstić information content (AvgIpc) is 3.04. The zero-order chi connectivity index (χ0) is 22.6. The molecule has 3 fully saturated rings. The first-order chi connectivity index (χ1) is 14.6. The van der Waals surface area contributed by atoms with Gasteiger partial charge >= 0.3 is 0 Å². The van der Waals surface area contributed by atoms with E-state index in [0.717, 1.165) is 24.2 Å². The van der Waals surface area contributed by atoms with E-state index >= 15 is 4.39 Å². The molecule has 0 aromatic carbocycles. The van der Waals surface area contributed by atoms with Crippen molar-refractivity contribution in [2.45, 2.75) is 111 Å². The van der Waals surface area contributed by atoms with E-state index < -0.39 is 23.8 Å². The molecule has 31 heavy (non-hydrogen) atoms. The third-order valence-electron chi connectivity index (χ3n) is 10.4. The van der Waals surface area contributed by atoms with Crippen LogP contribution in [0.3, 0.4) is 0 Å². The Morgan fingerprint density at radius 2 is 1.84 bits per heavy atom. The van der Waals surface area contributed by atoms with Crippen LogP contribution in [0.4, 0.5) is 8.78 Å². The highest BCUT2D eigenvalue weighted by Gasteiger charge is 2.62. The first-order valence-electron chi connectivity index (χ1n) is 12.9. The van der Waals surface area contributed by atoms with E-state index in [1.807, 2.05) is 0 Å². The van der Waals surface area contributed by atoms with Gasteiger partial charge in [-0.15, -0.1) is 0 Å². The summed E-state index contributed by atoms with van der Waals surface area (Å²) in [5.41, 5.74) is 0.532. The van der Waals surface area contributed by atoms with Crippen molar-refractivity contribution in [1.29, 1.82) is 0 Å². The number of nitroso groups, excluding NO2 is 1. The normalized spacial score (nSPS) is 47.9. The minimum absolute atomic E-state index is 0.259. The Hall–Kier alpha value is -0.800. The molecule has 3 saturated carbocycles. The lowest BCUT2D eigenvalue weighted by Gasteiger charge is -2.59. The van der Waals surface area contributed by atoms with Crippen LogP contribution in [0.5, 0.6) is 0 Å². The van der Waals surface area contributed by atoms with E-state index in [1.165, 1.54) is 38.5 Å². The average molecular weight is 436 g/mol. The van der Waals surface area contributed by atoms with Gasteiger partial charge in [0.05, 0.1) is 0 Å². The van der Waals surface area contributed by atoms with Crippen molar-refractivity contribution < 1.29 is 8.78 Å². The predicted octanol–water partition coefficient (Wildman–Crippen LogP) is 8.06. The zero-order valence-electron chi connectivity index (χ0n) is 20.2. The zero-order valence-corrected chi connectivity index (χ0v) is 20.2. The van der Waals surface area contributed by atoms with E-state index in [2.05, 4.69) is 39.8 Å². The van der Waals surface area contributed by atoms with Crippen LogP contribution < -0.4 is 0 Å². The third-order valence-corrected chi connectivity index (χ3v) is 10.4. The molecule has 0 radical (unpaired) electrons. The van der Waals surface area contributed by atoms with Crippen molar-refractivity contribution >= 4 is 0 Å². The summed E-state index contributed by atoms with van der Waals surface area (Å²) in [5.74, 6) is 3.47. The molecule has 4 heteroatoms. The maximum atomic E-state index is 15.5. The molecule has 0 heterocycles. The van der Waals surface area contributed by atoms with Crippen molar-refractivity contribution in [3.63, 3.8) is 0 Å². The van der Waals surface area contributed by atoms with Crippen molar-refractivity contribution in [3.8, 4) is 0 Å². The summed E-state index contributed by atoms with van der Waals surface area (Å²) in [6.45, 7) is 11.6. The summed E-state index contributed by atoms with van der Waals surface area (Å²) < 4.78 is 30.3. The second-order valence-electron chi connectivity index (χ2n) is 12.5. The predicted molar refractivity (Wildman–Crippen MR) is 123 cm³/mol. The Morgan fingerprint density at radius 3 is 2.52 bits per heavy atom. The van der Waals surface area contributed by atoms with Crippen LogP contribution >= 0.6 is 0 Å². The van der Waals surface area contributed by atoms with Gasteiger partial charge in [-0.25, -0.2) is 8.78 Å². The molecule has 0 amide bonds. The summed E-state index contributed by atoms with van der Waals surface area (Å²) in [6.07, 6.45) is 8.70. The number of alkyl halides is 2. The second kappa shape index (κ2) is 8.52. The molecule has 0 spiro atoms. The Labute approximate surface area is 188 Å². The molecule has 176 valence electrons. The molecule has 2 nitrogen and oxygen atoms in total. The van der Waals surface area contributed by atoms with Crippen molar-refractivity contribution in [1.82, 2.24) is 0 Å². The fourth-order valence-corrected chi connectivity index (χ4v) is 8.84. The summed E-state index contributed by atoms with van der Waals surface area (Å²) in [7, 11) is 0. The highest BCUT2D eigenvalue weighted by Crippen LogP contribution is 2.68. The van der Waals surface area contributed by atoms with Gasteiger partial charge in [0, 0.05) is 0 Å². The second-order valence-corrected chi connectivity index (χ2v) is 12.5. The highest BCUT2D eigenvalue weighted by molar-refractivity contribution is 5.31. The van der Waals surface area contributed by atoms with Gasteiger partial charge in [-0.1, -0.05) is 65.1 Å². The molecule has 0 saturated heterocycles. The number of hydrogen-bond acceptors (Lipinski definition) is 2. The molecule has 3 unspecified atom stereocenters. The van der Waals surface area contributed by atoms with E-state index in [9.17, 15) is 9.30 Å². The van der Waals surface area contributed by atoms with Gasteiger partial charge in [-0.2, -0.15) is 4.91 Å². The van der Waals surface area contributed by atoms with E-state index in [-0.39, 0.29) is 6.42 Å². The maximum absolute atomic E-state index is 15.5. The molecule has 4 aliphatic carbocycles. The Bertz CT molecular complexity index is 707. The van der Waals surface area contributed by atoms with Crippen LogP contribution in [-0.4, -0.2) is 18.4 Å². The molecule has 0 N–H and O–H groups in total. The molecule has 0 aromatic heterocycles. The first kappa shape index (κ1) is 23.4. The summed E-state index contributed by atoms with van der Waals surface area (Å²) in [6, 6.07) is -1.01. The fraction of sp³-hybridized carbons (Fsp3) is 0.926. The van der Waals surface area contributed by atoms with Crippen LogP contribution in [0.25, 0.3) is 0 Å². The van der Waals surface area contributed by atoms with Crippen molar-refractivity contribution in [3.05, 3.63) is 16.6 Å². The molecule has 4 aliphatic rings. The van der Waals surface area contributed by atoms with Gasteiger partial charge in [-0.05, 0) is 90.4 Å². The van der Waals surface area contributed by atoms with Gasteiger partial charge < -0.3 is 0 Å². The molecule has 0 aliphatic heterocycles. The quantitative estimate of drug-likeness (QED) is 0.306. The monoisotopic (exact) mass is 435 g/mol. The van der Waals surface area contributed by atoms with Gasteiger partial charge in [0.15, 0.2) is 0 Å². The lowest BCUT2D eigenvalue weighted by molar-refractivity contribution is -0.0796. The van der Waals surface area contributed by atoms with Gasteiger partial charge in [-0.3, -0.25) is 0 Å². The van der Waals surface area contributed by atoms with E-state index in [0.29, 0.717) is 35.2 Å². The molecular formula is C27H43F2NO. The van der Waals surface area contributed by atoms with Gasteiger partial charge in [0.25, 0.3) is 0 Å². The number of allylic oxidation sites excluding steroid dienone is 1. The maximum Gasteiger partial charge on any atom is 0.141 e. The molecule has 0 aromatic rings. The van der Waals surface area contributed by atoms with Crippen molar-refractivity contribution in [2.75, 3.05) is 0 Å². The first-order valence-corrected chi connectivity index (χ1v) is 12.9. The number of fused-ring (bicyclic) bond motifs is 5. The lowest BCUT2D eigenvalue weighted by Crippen LogP contribution is -2.55. The SMILES string of the molecule is CC(C)CCC[C@@H](C)[C@H]1CC[C@H]2[C@@H]3CC(F)C4=CC(N=O)C(F)C[C@]4(C)[C@H]3CC[C@]12C. The number of halogens is 2. The van der Waals surface area contributed by atoms with Crippen LogP contribution in [-0.2, 0) is 0 Å². The molecule has 0 bridgehead atoms. The van der Waals surface area contributed by atoms with Gasteiger partial charge in [0.1, 0.15) is 18.4 Å². The summed E-state index contributed by atoms with van der Waals surface area (Å²) >= 11 is 0. The highest BCUT2D eigenvalue weighted by atomic mass is 19.1. The summed E-state index contributed by atoms with van der Waals surface area (Å²) in [5, 5.41) is 2.95. The third kappa shape index (κ3) is 3.82. The lowest BCUT2D eigenvalue weighted by atomic mass is 9.46. The Kier molecular flexibility index (Phi) is 6.42. The fourth-order valence-electron chi connectivity index (χ4n) is 8.84. The van der Waals surface area contributed by atoms with E-state index in [4.69, 9.17) is 0 Å². The molecule has 10 atom stereocenters. The van der Waals surface area contributed by atoms with Crippen LogP contribution in [0, 0.1) is 51.2 Å². The van der Waals surface area contributed by atoms with Crippen molar-refractivity contribution in [2.24, 2.45) is 51.5 Å². The molecule has 4 rings (SSSR count). The number of nitrogens with zero attached hydrogens (tertiary/aromatic N) is 1. The number of rotatable bonds is 6. The van der Waals surface area contributed by atoms with Crippen LogP contribution in [0.2, 0.25) is 0 Å². The number of hydrogen-bond donors (Lipinski definition) is 0. The topological polar surface area (TPSA) is 29.4 Å². The molecular weight excluding hydrogens is 392 g/mol.